The molecule has 7 heteroatoms. The molecule has 6 nitrogen and oxygen atoms in total. The summed E-state index contributed by atoms with van der Waals surface area (Å²) in [4.78, 5) is 14.0. The number of hydrogen-bond donors (Lipinski definition) is 1. The van der Waals surface area contributed by atoms with Gasteiger partial charge in [-0.05, 0) is 63.2 Å². The number of nitrogens with one attached hydrogen (secondary N) is 1. The summed E-state index contributed by atoms with van der Waals surface area (Å²) < 4.78 is 24.8. The van der Waals surface area contributed by atoms with Crippen LogP contribution in [-0.4, -0.2) is 54.2 Å². The molecule has 1 atom stereocenters. The third kappa shape index (κ3) is 4.93. The number of Topliss-reactive ketones (excluding diaryl/α,β-unsaturated/α-hetero) is 1. The van der Waals surface area contributed by atoms with Crippen LogP contribution in [0.5, 0.6) is 11.5 Å². The zero-order chi connectivity index (χ0) is 22.7. The van der Waals surface area contributed by atoms with Gasteiger partial charge in [0.15, 0.2) is 17.3 Å². The molecular weight excluding hydrogens is 409 g/mol. The predicted molar refractivity (Wildman–Crippen MR) is 122 cm³/mol. The lowest BCUT2D eigenvalue weighted by Gasteiger charge is -2.33. The van der Waals surface area contributed by atoms with Crippen LogP contribution in [0.25, 0.3) is 10.9 Å². The van der Waals surface area contributed by atoms with E-state index in [4.69, 9.17) is 9.47 Å². The van der Waals surface area contributed by atoms with E-state index in [-0.39, 0.29) is 11.6 Å². The zero-order valence-corrected chi connectivity index (χ0v) is 18.9. The maximum atomic E-state index is 13.4. The van der Waals surface area contributed by atoms with E-state index >= 15 is 0 Å². The summed E-state index contributed by atoms with van der Waals surface area (Å²) in [5, 5.41) is 8.44. The minimum Gasteiger partial charge on any atom is -0.493 e. The van der Waals surface area contributed by atoms with Crippen LogP contribution in [0.2, 0.25) is 0 Å². The van der Waals surface area contributed by atoms with E-state index in [0.29, 0.717) is 41.0 Å². The first kappa shape index (κ1) is 22.3. The summed E-state index contributed by atoms with van der Waals surface area (Å²) in [6.45, 7) is 7.26. The highest BCUT2D eigenvalue weighted by Gasteiger charge is 2.24. The highest BCUT2D eigenvalue weighted by atomic mass is 19.1. The van der Waals surface area contributed by atoms with Gasteiger partial charge in [0.05, 0.1) is 19.2 Å². The van der Waals surface area contributed by atoms with Crippen LogP contribution >= 0.6 is 0 Å². The Morgan fingerprint density at radius 1 is 1.22 bits per heavy atom. The van der Waals surface area contributed by atoms with E-state index < -0.39 is 0 Å². The van der Waals surface area contributed by atoms with Crippen molar-refractivity contribution in [2.75, 3.05) is 33.4 Å². The molecule has 3 aromatic rings. The van der Waals surface area contributed by atoms with Gasteiger partial charge >= 0.3 is 0 Å². The Hall–Kier alpha value is -2.93. The Balaban J connectivity index is 1.28. The van der Waals surface area contributed by atoms with Gasteiger partial charge in [-0.25, -0.2) is 4.39 Å². The van der Waals surface area contributed by atoms with Crippen LogP contribution in [-0.2, 0) is 0 Å². The van der Waals surface area contributed by atoms with Crippen LogP contribution < -0.4 is 9.47 Å². The second kappa shape index (κ2) is 9.69. The lowest BCUT2D eigenvalue weighted by Crippen LogP contribution is -2.37. The number of nitrogens with zero attached hydrogens (tertiary/aromatic N) is 2. The van der Waals surface area contributed by atoms with Gasteiger partial charge in [0, 0.05) is 41.1 Å². The van der Waals surface area contributed by atoms with Gasteiger partial charge in [0.2, 0.25) is 0 Å². The molecule has 2 aromatic carbocycles. The first-order chi connectivity index (χ1) is 15.4. The number of carbonyl (C=O) groups is 1. The molecule has 1 N–H and O–H groups in total. The molecule has 1 aliphatic rings. The summed E-state index contributed by atoms with van der Waals surface area (Å²) in [5.41, 5.74) is 2.43. The summed E-state index contributed by atoms with van der Waals surface area (Å²) in [5.74, 6) is 1.75. The SMILES string of the molecule is COc1cc(C(C)=O)ccc1OC[C@H](C)CN1CCC(c2[nH]nc3cc(F)ccc23)CC1. The molecule has 1 saturated heterocycles. The Morgan fingerprint density at radius 3 is 2.72 bits per heavy atom. The van der Waals surface area contributed by atoms with Crippen molar-refractivity contribution in [3.8, 4) is 11.5 Å². The lowest BCUT2D eigenvalue weighted by molar-refractivity contribution is 0.101. The van der Waals surface area contributed by atoms with Gasteiger partial charge < -0.3 is 14.4 Å². The quantitative estimate of drug-likeness (QED) is 0.510. The van der Waals surface area contributed by atoms with Crippen LogP contribution in [0.4, 0.5) is 4.39 Å². The number of halogens is 1. The van der Waals surface area contributed by atoms with Crippen molar-refractivity contribution in [3.63, 3.8) is 0 Å². The molecule has 0 spiro atoms. The molecule has 0 amide bonds. The highest BCUT2D eigenvalue weighted by molar-refractivity contribution is 5.94. The second-order valence-corrected chi connectivity index (χ2v) is 8.71. The maximum absolute atomic E-state index is 13.4. The number of ketones is 1. The number of H-pyrrole nitrogens is 1. The fourth-order valence-corrected chi connectivity index (χ4v) is 4.45. The van der Waals surface area contributed by atoms with E-state index in [1.807, 2.05) is 6.07 Å². The van der Waals surface area contributed by atoms with E-state index in [0.717, 1.165) is 43.6 Å². The Kier molecular flexibility index (Phi) is 6.74. The van der Waals surface area contributed by atoms with E-state index in [2.05, 4.69) is 22.0 Å². The van der Waals surface area contributed by atoms with Crippen molar-refractivity contribution < 1.29 is 18.7 Å². The molecule has 4 rings (SSSR count). The monoisotopic (exact) mass is 439 g/mol. The summed E-state index contributed by atoms with van der Waals surface area (Å²) >= 11 is 0. The third-order valence-corrected chi connectivity index (χ3v) is 6.21. The Bertz CT molecular complexity index is 1090. The number of piperidine rings is 1. The smallest absolute Gasteiger partial charge is 0.161 e. The van der Waals surface area contributed by atoms with Gasteiger partial charge in [-0.3, -0.25) is 9.89 Å². The topological polar surface area (TPSA) is 67.5 Å². The van der Waals surface area contributed by atoms with Crippen molar-refractivity contribution in [2.45, 2.75) is 32.6 Å². The van der Waals surface area contributed by atoms with Crippen molar-refractivity contribution in [3.05, 3.63) is 53.5 Å². The number of carbonyl (C=O) groups excluding carboxylic acids is 1. The number of methoxy groups -OCH3 is 1. The molecule has 1 fully saturated rings. The van der Waals surface area contributed by atoms with E-state index in [9.17, 15) is 9.18 Å². The number of hydrogen-bond acceptors (Lipinski definition) is 5. The number of fused-ring (bicyclic) bond motifs is 1. The minimum absolute atomic E-state index is 0.00177. The molecule has 170 valence electrons. The van der Waals surface area contributed by atoms with Crippen molar-refractivity contribution in [1.82, 2.24) is 15.1 Å². The molecule has 0 bridgehead atoms. The summed E-state index contributed by atoms with van der Waals surface area (Å²) in [6.07, 6.45) is 2.09. The average Bonchev–Trinajstić information content (AvgIpc) is 3.21. The minimum atomic E-state index is -0.256. The zero-order valence-electron chi connectivity index (χ0n) is 18.9. The van der Waals surface area contributed by atoms with Crippen LogP contribution in [0, 0.1) is 11.7 Å². The summed E-state index contributed by atoms with van der Waals surface area (Å²) in [7, 11) is 1.58. The molecule has 0 unspecified atom stereocenters. The molecule has 2 heterocycles. The Morgan fingerprint density at radius 2 is 2.00 bits per heavy atom. The standard InChI is InChI=1S/C25H30FN3O3/c1-16(15-32-23-7-4-19(17(2)30)12-24(23)31-3)14-29-10-8-18(9-11-29)25-21-6-5-20(26)13-22(21)27-28-25/h4-7,12-13,16,18H,8-11,14-15H2,1-3H3,(H,27,28)/t16-/m1/s1. The number of likely N-dealkylation sites (tertiary alicyclic amines) is 1. The molecule has 32 heavy (non-hydrogen) atoms. The van der Waals surface area contributed by atoms with Crippen LogP contribution in [0.15, 0.2) is 36.4 Å². The van der Waals surface area contributed by atoms with Crippen molar-refractivity contribution >= 4 is 16.7 Å². The Labute approximate surface area is 187 Å². The highest BCUT2D eigenvalue weighted by Crippen LogP contribution is 2.32. The number of ether oxygens (including phenoxy) is 2. The summed E-state index contributed by atoms with van der Waals surface area (Å²) in [6, 6.07) is 10.1. The van der Waals surface area contributed by atoms with Gasteiger partial charge in [-0.1, -0.05) is 6.92 Å². The number of aromatic amines is 1. The van der Waals surface area contributed by atoms with Gasteiger partial charge in [-0.15, -0.1) is 0 Å². The lowest BCUT2D eigenvalue weighted by atomic mass is 9.91. The average molecular weight is 440 g/mol. The van der Waals surface area contributed by atoms with E-state index in [1.165, 1.54) is 19.1 Å². The fourth-order valence-electron chi connectivity index (χ4n) is 4.45. The fraction of sp³-hybridized carbons (Fsp3) is 0.440. The molecule has 0 aliphatic carbocycles. The largest absolute Gasteiger partial charge is 0.493 e. The number of rotatable bonds is 8. The van der Waals surface area contributed by atoms with Gasteiger partial charge in [0.25, 0.3) is 0 Å². The molecule has 1 aromatic heterocycles. The first-order valence-electron chi connectivity index (χ1n) is 11.1. The predicted octanol–water partition coefficient (Wildman–Crippen LogP) is 4.81. The van der Waals surface area contributed by atoms with E-state index in [1.54, 1.807) is 25.3 Å². The third-order valence-electron chi connectivity index (χ3n) is 6.21. The molecular formula is C25H30FN3O3. The number of benzene rings is 2. The normalized spacial score (nSPS) is 16.2. The van der Waals surface area contributed by atoms with Crippen LogP contribution in [0.3, 0.4) is 0 Å². The maximum Gasteiger partial charge on any atom is 0.161 e. The van der Waals surface area contributed by atoms with Gasteiger partial charge in [0.1, 0.15) is 5.82 Å². The number of aromatic nitrogens is 2. The van der Waals surface area contributed by atoms with Crippen molar-refractivity contribution in [1.29, 1.82) is 0 Å². The van der Waals surface area contributed by atoms with Crippen molar-refractivity contribution in [2.24, 2.45) is 5.92 Å². The first-order valence-corrected chi connectivity index (χ1v) is 11.1. The van der Waals surface area contributed by atoms with Gasteiger partial charge in [-0.2, -0.15) is 5.10 Å². The second-order valence-electron chi connectivity index (χ2n) is 8.71. The molecule has 0 saturated carbocycles. The molecule has 1 aliphatic heterocycles. The van der Waals surface area contributed by atoms with Crippen LogP contribution in [0.1, 0.15) is 48.7 Å². The molecule has 0 radical (unpaired) electrons.